The zero-order valence-corrected chi connectivity index (χ0v) is 17.7. The Morgan fingerprint density at radius 2 is 1.03 bits per heavy atom. The van der Waals surface area contributed by atoms with E-state index in [1.807, 2.05) is 74.8 Å². The Hall–Kier alpha value is -3.92. The lowest BCUT2D eigenvalue weighted by molar-refractivity contribution is 1.19. The molecule has 4 nitrogen and oxygen atoms in total. The van der Waals surface area contributed by atoms with Gasteiger partial charge in [-0.15, -0.1) is 0 Å². The quantitative estimate of drug-likeness (QED) is 0.360. The Morgan fingerprint density at radius 3 is 1.42 bits per heavy atom. The van der Waals surface area contributed by atoms with Gasteiger partial charge in [0.1, 0.15) is 0 Å². The molecule has 0 saturated carbocycles. The maximum Gasteiger partial charge on any atom is 0.0841 e. The second kappa shape index (κ2) is 9.72. The van der Waals surface area contributed by atoms with Gasteiger partial charge in [0, 0.05) is 12.4 Å². The molecule has 0 spiro atoms. The van der Waals surface area contributed by atoms with Crippen molar-refractivity contribution in [1.29, 1.82) is 0 Å². The second-order valence-electron chi connectivity index (χ2n) is 7.44. The van der Waals surface area contributed by atoms with E-state index in [0.29, 0.717) is 0 Å². The minimum Gasteiger partial charge on any atom is -0.255 e. The number of aromatic nitrogens is 2. The normalized spacial score (nSPS) is 11.4. The van der Waals surface area contributed by atoms with E-state index < -0.39 is 0 Å². The molecular weight excluding hydrogens is 380 g/mol. The average molecular weight is 405 g/mol. The van der Waals surface area contributed by atoms with E-state index in [9.17, 15) is 0 Å². The first-order valence-corrected chi connectivity index (χ1v) is 10.3. The first-order chi connectivity index (χ1) is 15.2. The van der Waals surface area contributed by atoms with E-state index >= 15 is 0 Å². The number of aryl methyl sites for hydroxylation is 2. The van der Waals surface area contributed by atoms with Crippen LogP contribution in [0.25, 0.3) is 0 Å². The van der Waals surface area contributed by atoms with E-state index in [-0.39, 0.29) is 0 Å². The van der Waals surface area contributed by atoms with Crippen LogP contribution in [0.1, 0.15) is 33.6 Å². The Kier molecular flexibility index (Phi) is 6.38. The topological polar surface area (TPSA) is 50.5 Å². The fourth-order valence-electron chi connectivity index (χ4n) is 3.17. The number of pyridine rings is 2. The van der Waals surface area contributed by atoms with Crippen molar-refractivity contribution in [3.63, 3.8) is 0 Å². The van der Waals surface area contributed by atoms with Gasteiger partial charge in [0.25, 0.3) is 0 Å². The van der Waals surface area contributed by atoms with Crippen LogP contribution >= 0.6 is 0 Å². The van der Waals surface area contributed by atoms with Gasteiger partial charge in [0.05, 0.1) is 35.2 Å². The molecular formula is C27H24N4. The molecule has 0 aliphatic heterocycles. The van der Waals surface area contributed by atoms with Gasteiger partial charge in [-0.3, -0.25) is 20.0 Å². The summed E-state index contributed by atoms with van der Waals surface area (Å²) in [5.74, 6) is 0. The molecule has 0 aliphatic carbocycles. The summed E-state index contributed by atoms with van der Waals surface area (Å²) in [6, 6.07) is 24.6. The summed E-state index contributed by atoms with van der Waals surface area (Å²) in [4.78, 5) is 17.8. The third-order valence-electron chi connectivity index (χ3n) is 5.05. The predicted molar refractivity (Wildman–Crippen MR) is 128 cm³/mol. The van der Waals surface area contributed by atoms with Gasteiger partial charge in [0.2, 0.25) is 0 Å². The molecule has 2 heterocycles. The average Bonchev–Trinajstić information content (AvgIpc) is 2.80. The van der Waals surface area contributed by atoms with Crippen LogP contribution in [0, 0.1) is 13.8 Å². The molecule has 0 amide bonds. The summed E-state index contributed by atoms with van der Waals surface area (Å²) >= 11 is 0. The van der Waals surface area contributed by atoms with Gasteiger partial charge < -0.3 is 0 Å². The van der Waals surface area contributed by atoms with E-state index in [1.54, 1.807) is 12.4 Å². The summed E-state index contributed by atoms with van der Waals surface area (Å²) < 4.78 is 0. The smallest absolute Gasteiger partial charge is 0.0841 e. The largest absolute Gasteiger partial charge is 0.255 e. The Balaban J connectivity index is 1.38. The highest BCUT2D eigenvalue weighted by Crippen LogP contribution is 2.19. The fourth-order valence-corrected chi connectivity index (χ4v) is 3.17. The van der Waals surface area contributed by atoms with E-state index in [0.717, 1.165) is 40.3 Å². The first kappa shape index (κ1) is 20.4. The van der Waals surface area contributed by atoms with Gasteiger partial charge in [-0.25, -0.2) is 0 Å². The van der Waals surface area contributed by atoms with Gasteiger partial charge in [0.15, 0.2) is 0 Å². The zero-order valence-electron chi connectivity index (χ0n) is 17.7. The van der Waals surface area contributed by atoms with Gasteiger partial charge in [-0.05, 0) is 78.9 Å². The van der Waals surface area contributed by atoms with Crippen molar-refractivity contribution in [1.82, 2.24) is 9.97 Å². The van der Waals surface area contributed by atoms with Crippen molar-refractivity contribution in [3.8, 4) is 0 Å². The molecule has 152 valence electrons. The van der Waals surface area contributed by atoms with Crippen molar-refractivity contribution in [2.24, 2.45) is 9.98 Å². The maximum absolute atomic E-state index is 4.54. The number of rotatable bonds is 6. The van der Waals surface area contributed by atoms with Gasteiger partial charge in [-0.1, -0.05) is 36.4 Å². The SMILES string of the molecule is Cc1cccnc1C=Nc1ccc(Cc2ccc(N=Cc3ncccc3C)cc2)cc1. The van der Waals surface area contributed by atoms with Crippen molar-refractivity contribution in [3.05, 3.63) is 119 Å². The molecule has 2 aromatic heterocycles. The van der Waals surface area contributed by atoms with Crippen LogP contribution in [0.4, 0.5) is 11.4 Å². The maximum atomic E-state index is 4.54. The van der Waals surface area contributed by atoms with Crippen LogP contribution in [-0.4, -0.2) is 22.4 Å². The summed E-state index contributed by atoms with van der Waals surface area (Å²) in [6.07, 6.45) is 8.07. The minimum atomic E-state index is 0.868. The van der Waals surface area contributed by atoms with Crippen molar-refractivity contribution >= 4 is 23.8 Å². The van der Waals surface area contributed by atoms with Crippen LogP contribution in [0.5, 0.6) is 0 Å². The Morgan fingerprint density at radius 1 is 0.613 bits per heavy atom. The third kappa shape index (κ3) is 5.58. The van der Waals surface area contributed by atoms with Crippen LogP contribution in [0.3, 0.4) is 0 Å². The van der Waals surface area contributed by atoms with Crippen LogP contribution < -0.4 is 0 Å². The van der Waals surface area contributed by atoms with E-state index in [2.05, 4.69) is 44.2 Å². The van der Waals surface area contributed by atoms with Crippen LogP contribution in [0.15, 0.2) is 95.2 Å². The van der Waals surface area contributed by atoms with E-state index in [1.165, 1.54) is 11.1 Å². The molecule has 2 aromatic carbocycles. The molecule has 0 radical (unpaired) electrons. The summed E-state index contributed by atoms with van der Waals surface area (Å²) in [7, 11) is 0. The number of hydrogen-bond acceptors (Lipinski definition) is 4. The zero-order chi connectivity index (χ0) is 21.5. The lowest BCUT2D eigenvalue weighted by Gasteiger charge is -2.04. The third-order valence-corrected chi connectivity index (χ3v) is 5.05. The van der Waals surface area contributed by atoms with E-state index in [4.69, 9.17) is 0 Å². The van der Waals surface area contributed by atoms with Crippen molar-refractivity contribution in [2.75, 3.05) is 0 Å². The molecule has 0 aliphatic rings. The molecule has 4 aromatic rings. The fraction of sp³-hybridized carbons (Fsp3) is 0.111. The summed E-state index contributed by atoms with van der Waals surface area (Å²) in [6.45, 7) is 4.07. The number of hydrogen-bond donors (Lipinski definition) is 0. The Labute approximate surface area is 183 Å². The lowest BCUT2D eigenvalue weighted by Crippen LogP contribution is -1.91. The summed E-state index contributed by atoms with van der Waals surface area (Å²) in [5, 5.41) is 0. The highest BCUT2D eigenvalue weighted by atomic mass is 14.8. The molecule has 31 heavy (non-hydrogen) atoms. The minimum absolute atomic E-state index is 0.868. The predicted octanol–water partition coefficient (Wildman–Crippen LogP) is 6.19. The van der Waals surface area contributed by atoms with Gasteiger partial charge >= 0.3 is 0 Å². The van der Waals surface area contributed by atoms with Gasteiger partial charge in [-0.2, -0.15) is 0 Å². The molecule has 0 saturated heterocycles. The molecule has 0 fully saturated rings. The van der Waals surface area contributed by atoms with Crippen LogP contribution in [0.2, 0.25) is 0 Å². The number of nitrogens with zero attached hydrogens (tertiary/aromatic N) is 4. The molecule has 4 rings (SSSR count). The Bertz CT molecular complexity index is 1110. The molecule has 0 unspecified atom stereocenters. The molecule has 0 bridgehead atoms. The highest BCUT2D eigenvalue weighted by Gasteiger charge is 1.99. The standard InChI is InChI=1S/C27H24N4/c1-20-5-3-15-28-26(20)18-30-24-11-7-22(8-12-24)17-23-9-13-25(14-10-23)31-19-27-21(2)6-4-16-29-27/h3-16,18-19H,17H2,1-2H3. The number of benzene rings is 2. The highest BCUT2D eigenvalue weighted by molar-refractivity contribution is 5.81. The number of aliphatic imine (C=N–C) groups is 2. The summed E-state index contributed by atoms with van der Waals surface area (Å²) in [5.41, 5.74) is 8.35. The second-order valence-corrected chi connectivity index (χ2v) is 7.44. The monoisotopic (exact) mass is 404 g/mol. The van der Waals surface area contributed by atoms with Crippen molar-refractivity contribution in [2.45, 2.75) is 20.3 Å². The van der Waals surface area contributed by atoms with Crippen LogP contribution in [-0.2, 0) is 6.42 Å². The lowest BCUT2D eigenvalue weighted by atomic mass is 10.0. The molecule has 0 N–H and O–H groups in total. The molecule has 0 atom stereocenters. The van der Waals surface area contributed by atoms with Crippen molar-refractivity contribution < 1.29 is 0 Å². The molecule has 4 heteroatoms. The first-order valence-electron chi connectivity index (χ1n) is 10.3.